The van der Waals surface area contributed by atoms with Crippen molar-refractivity contribution >= 4 is 17.5 Å². The van der Waals surface area contributed by atoms with Gasteiger partial charge in [0, 0.05) is 17.7 Å². The van der Waals surface area contributed by atoms with Crippen LogP contribution in [0.1, 0.15) is 16.1 Å². The van der Waals surface area contributed by atoms with Crippen molar-refractivity contribution in [1.82, 2.24) is 15.1 Å². The normalized spacial score (nSPS) is 12.6. The lowest BCUT2D eigenvalue weighted by Crippen LogP contribution is -2.33. The van der Waals surface area contributed by atoms with Gasteiger partial charge in [0.2, 0.25) is 0 Å². The van der Waals surface area contributed by atoms with Crippen LogP contribution < -0.4 is 5.32 Å². The molecule has 0 radical (unpaired) electrons. The van der Waals surface area contributed by atoms with Crippen LogP contribution in [0.25, 0.3) is 16.9 Å². The van der Waals surface area contributed by atoms with Crippen LogP contribution >= 0.6 is 11.6 Å². The number of nitrogens with one attached hydrogen (secondary N) is 1. The van der Waals surface area contributed by atoms with Crippen molar-refractivity contribution in [3.05, 3.63) is 70.9 Å². The van der Waals surface area contributed by atoms with Crippen molar-refractivity contribution < 1.29 is 28.2 Å². The van der Waals surface area contributed by atoms with Gasteiger partial charge in [-0.1, -0.05) is 35.9 Å². The lowest BCUT2D eigenvalue weighted by atomic mass is 10.1. The van der Waals surface area contributed by atoms with Gasteiger partial charge in [-0.3, -0.25) is 4.79 Å². The molecule has 0 aliphatic heterocycles. The second kappa shape index (κ2) is 8.86. The molecule has 10 heteroatoms. The zero-order valence-corrected chi connectivity index (χ0v) is 16.2. The third-order valence-corrected chi connectivity index (χ3v) is 4.55. The van der Waals surface area contributed by atoms with Crippen molar-refractivity contribution in [3.8, 4) is 16.9 Å². The molecule has 1 amide bonds. The molecular formula is C20H17ClF3N3O3. The molecule has 1 atom stereocenters. The van der Waals surface area contributed by atoms with Gasteiger partial charge in [-0.25, -0.2) is 4.68 Å². The van der Waals surface area contributed by atoms with Crippen LogP contribution in [0.4, 0.5) is 13.2 Å². The third kappa shape index (κ3) is 4.81. The van der Waals surface area contributed by atoms with Gasteiger partial charge in [0.05, 0.1) is 29.1 Å². The molecular weight excluding hydrogens is 423 g/mol. The molecule has 30 heavy (non-hydrogen) atoms. The van der Waals surface area contributed by atoms with Crippen molar-refractivity contribution in [3.63, 3.8) is 0 Å². The van der Waals surface area contributed by atoms with Crippen LogP contribution in [0.2, 0.25) is 5.02 Å². The van der Waals surface area contributed by atoms with Crippen molar-refractivity contribution in [1.29, 1.82) is 0 Å². The first-order valence-electron chi connectivity index (χ1n) is 8.80. The van der Waals surface area contributed by atoms with Gasteiger partial charge in [-0.15, -0.1) is 0 Å². The van der Waals surface area contributed by atoms with E-state index in [1.54, 1.807) is 24.3 Å². The Kier molecular flexibility index (Phi) is 6.45. The molecule has 0 fully saturated rings. The SMILES string of the molecule is O=C(NCC(O)CO)c1ccc(-c2cc(C(F)(F)F)nn2-c2ccccc2Cl)cc1. The van der Waals surface area contributed by atoms with Gasteiger partial charge < -0.3 is 15.5 Å². The molecule has 0 spiro atoms. The zero-order chi connectivity index (χ0) is 21.9. The van der Waals surface area contributed by atoms with Crippen LogP contribution in [-0.2, 0) is 6.18 Å². The summed E-state index contributed by atoms with van der Waals surface area (Å²) in [5.74, 6) is -0.496. The summed E-state index contributed by atoms with van der Waals surface area (Å²) in [6, 6.07) is 13.1. The molecule has 2 aromatic carbocycles. The van der Waals surface area contributed by atoms with E-state index in [-0.39, 0.29) is 28.5 Å². The summed E-state index contributed by atoms with van der Waals surface area (Å²) in [7, 11) is 0. The Morgan fingerprint density at radius 3 is 2.43 bits per heavy atom. The molecule has 0 saturated heterocycles. The third-order valence-electron chi connectivity index (χ3n) is 4.23. The fourth-order valence-corrected chi connectivity index (χ4v) is 2.92. The highest BCUT2D eigenvalue weighted by Crippen LogP contribution is 2.34. The number of benzene rings is 2. The number of hydrogen-bond acceptors (Lipinski definition) is 4. The molecule has 3 rings (SSSR count). The van der Waals surface area contributed by atoms with E-state index >= 15 is 0 Å². The summed E-state index contributed by atoms with van der Waals surface area (Å²) in [5.41, 5.74) is -0.00611. The molecule has 1 unspecified atom stereocenters. The number of aliphatic hydroxyl groups is 2. The van der Waals surface area contributed by atoms with Gasteiger partial charge in [0.1, 0.15) is 0 Å². The number of alkyl halides is 3. The van der Waals surface area contributed by atoms with Gasteiger partial charge in [0.15, 0.2) is 5.69 Å². The highest BCUT2D eigenvalue weighted by Gasteiger charge is 2.35. The minimum absolute atomic E-state index is 0.134. The summed E-state index contributed by atoms with van der Waals surface area (Å²) >= 11 is 6.15. The van der Waals surface area contributed by atoms with Crippen LogP contribution in [0, 0.1) is 0 Å². The molecule has 1 aromatic heterocycles. The lowest BCUT2D eigenvalue weighted by Gasteiger charge is -2.11. The van der Waals surface area contributed by atoms with E-state index in [2.05, 4.69) is 10.4 Å². The molecule has 3 aromatic rings. The second-order valence-corrected chi connectivity index (χ2v) is 6.81. The zero-order valence-electron chi connectivity index (χ0n) is 15.4. The minimum atomic E-state index is -4.64. The van der Waals surface area contributed by atoms with Crippen molar-refractivity contribution in [2.75, 3.05) is 13.2 Å². The van der Waals surface area contributed by atoms with Crippen LogP contribution in [0.15, 0.2) is 54.6 Å². The first kappa shape index (κ1) is 21.8. The monoisotopic (exact) mass is 439 g/mol. The second-order valence-electron chi connectivity index (χ2n) is 6.40. The number of aliphatic hydroxyl groups excluding tert-OH is 2. The molecule has 6 nitrogen and oxygen atoms in total. The van der Waals surface area contributed by atoms with Gasteiger partial charge in [0.25, 0.3) is 5.91 Å². The Hall–Kier alpha value is -2.88. The van der Waals surface area contributed by atoms with E-state index in [1.807, 2.05) is 0 Å². The number of nitrogens with zero attached hydrogens (tertiary/aromatic N) is 2. The highest BCUT2D eigenvalue weighted by atomic mass is 35.5. The summed E-state index contributed by atoms with van der Waals surface area (Å²) in [6.45, 7) is -0.627. The smallest absolute Gasteiger partial charge is 0.394 e. The van der Waals surface area contributed by atoms with E-state index in [4.69, 9.17) is 16.7 Å². The van der Waals surface area contributed by atoms with Crippen molar-refractivity contribution in [2.24, 2.45) is 0 Å². The van der Waals surface area contributed by atoms with Crippen LogP contribution in [0.5, 0.6) is 0 Å². The van der Waals surface area contributed by atoms with E-state index in [9.17, 15) is 23.1 Å². The van der Waals surface area contributed by atoms with Gasteiger partial charge >= 0.3 is 6.18 Å². The summed E-state index contributed by atoms with van der Waals surface area (Å²) in [6.07, 6.45) is -5.73. The Morgan fingerprint density at radius 1 is 1.17 bits per heavy atom. The fourth-order valence-electron chi connectivity index (χ4n) is 2.70. The number of halogens is 4. The lowest BCUT2D eigenvalue weighted by molar-refractivity contribution is -0.141. The number of hydrogen-bond donors (Lipinski definition) is 3. The number of rotatable bonds is 6. The summed E-state index contributed by atoms with van der Waals surface area (Å²) in [4.78, 5) is 12.1. The van der Waals surface area contributed by atoms with E-state index in [0.717, 1.165) is 10.7 Å². The standard InChI is InChI=1S/C20H17ClF3N3O3/c21-15-3-1-2-4-16(15)27-17(9-18(26-27)20(22,23)24)12-5-7-13(8-6-12)19(30)25-10-14(29)11-28/h1-9,14,28-29H,10-11H2,(H,25,30). The minimum Gasteiger partial charge on any atom is -0.394 e. The van der Waals surface area contributed by atoms with E-state index in [1.165, 1.54) is 24.3 Å². The highest BCUT2D eigenvalue weighted by molar-refractivity contribution is 6.32. The van der Waals surface area contributed by atoms with Crippen LogP contribution in [0.3, 0.4) is 0 Å². The van der Waals surface area contributed by atoms with Crippen LogP contribution in [-0.4, -0.2) is 45.2 Å². The van der Waals surface area contributed by atoms with Gasteiger partial charge in [-0.2, -0.15) is 18.3 Å². The number of amides is 1. The Balaban J connectivity index is 1.96. The predicted octanol–water partition coefficient (Wildman–Crippen LogP) is 3.29. The molecule has 0 saturated carbocycles. The van der Waals surface area contributed by atoms with Gasteiger partial charge in [-0.05, 0) is 30.3 Å². The summed E-state index contributed by atoms with van der Waals surface area (Å²) in [5, 5.41) is 24.4. The molecule has 3 N–H and O–H groups in total. The fraction of sp³-hybridized carbons (Fsp3) is 0.200. The predicted molar refractivity (Wildman–Crippen MR) is 104 cm³/mol. The number of carbonyl (C=O) groups excluding carboxylic acids is 1. The topological polar surface area (TPSA) is 87.4 Å². The number of aromatic nitrogens is 2. The first-order chi connectivity index (χ1) is 14.2. The Morgan fingerprint density at radius 2 is 1.83 bits per heavy atom. The average Bonchev–Trinajstić information content (AvgIpc) is 3.18. The maximum absolute atomic E-state index is 13.3. The molecule has 158 valence electrons. The molecule has 0 aliphatic rings. The quantitative estimate of drug-likeness (QED) is 0.550. The Bertz CT molecular complexity index is 1040. The maximum atomic E-state index is 13.3. The molecule has 1 heterocycles. The maximum Gasteiger partial charge on any atom is 0.435 e. The molecule has 0 bridgehead atoms. The largest absolute Gasteiger partial charge is 0.435 e. The number of para-hydroxylation sites is 1. The Labute approximate surface area is 174 Å². The average molecular weight is 440 g/mol. The van der Waals surface area contributed by atoms with E-state index < -0.39 is 30.5 Å². The number of carbonyl (C=O) groups is 1. The van der Waals surface area contributed by atoms with E-state index in [0.29, 0.717) is 5.56 Å². The summed E-state index contributed by atoms with van der Waals surface area (Å²) < 4.78 is 40.9. The van der Waals surface area contributed by atoms with Crippen molar-refractivity contribution in [2.45, 2.75) is 12.3 Å². The molecule has 0 aliphatic carbocycles. The first-order valence-corrected chi connectivity index (χ1v) is 9.18.